The van der Waals surface area contributed by atoms with E-state index in [1.54, 1.807) is 16.8 Å². The molecule has 1 amide bonds. The predicted molar refractivity (Wildman–Crippen MR) is 116 cm³/mol. The number of rotatable bonds is 5. The number of amides is 1. The molecule has 0 spiro atoms. The van der Waals surface area contributed by atoms with Crippen molar-refractivity contribution < 1.29 is 13.2 Å². The van der Waals surface area contributed by atoms with Crippen LogP contribution in [-0.2, 0) is 16.6 Å². The third-order valence-electron chi connectivity index (χ3n) is 4.48. The average molecular weight is 441 g/mol. The van der Waals surface area contributed by atoms with Gasteiger partial charge in [-0.3, -0.25) is 4.79 Å². The molecule has 4 rings (SSSR count). The Balaban J connectivity index is 1.89. The second kappa shape index (κ2) is 7.89. The maximum absolute atomic E-state index is 12.7. The third-order valence-corrected chi connectivity index (χ3v) is 5.40. The maximum Gasteiger partial charge on any atom is 0.265 e. The van der Waals surface area contributed by atoms with Crippen molar-refractivity contribution in [1.29, 1.82) is 0 Å². The molecule has 4 aromatic rings. The van der Waals surface area contributed by atoms with Gasteiger partial charge in [0, 0.05) is 10.6 Å². The Bertz CT molecular complexity index is 1350. The highest BCUT2D eigenvalue weighted by atomic mass is 35.5. The molecule has 30 heavy (non-hydrogen) atoms. The van der Waals surface area contributed by atoms with E-state index in [0.717, 1.165) is 17.4 Å². The zero-order valence-electron chi connectivity index (χ0n) is 15.9. The van der Waals surface area contributed by atoms with Gasteiger partial charge in [0.2, 0.25) is 10.0 Å². The monoisotopic (exact) mass is 440 g/mol. The summed E-state index contributed by atoms with van der Waals surface area (Å²) in [6, 6.07) is 18.3. The number of carbonyl (C=O) groups is 1. The molecular weight excluding hydrogens is 424 g/mol. The van der Waals surface area contributed by atoms with E-state index in [0.29, 0.717) is 28.3 Å². The van der Waals surface area contributed by atoms with Crippen LogP contribution in [0.15, 0.2) is 66.9 Å². The molecule has 2 aromatic carbocycles. The van der Waals surface area contributed by atoms with Crippen molar-refractivity contribution in [2.24, 2.45) is 0 Å². The second-order valence-corrected chi connectivity index (χ2v) is 8.91. The summed E-state index contributed by atoms with van der Waals surface area (Å²) in [5.41, 5.74) is 2.80. The lowest BCUT2D eigenvalue weighted by atomic mass is 10.1. The van der Waals surface area contributed by atoms with Crippen molar-refractivity contribution in [1.82, 2.24) is 19.5 Å². The highest BCUT2D eigenvalue weighted by Gasteiger charge is 2.20. The molecule has 0 radical (unpaired) electrons. The number of benzene rings is 2. The average Bonchev–Trinajstić information content (AvgIpc) is 3.11. The Morgan fingerprint density at radius 3 is 2.50 bits per heavy atom. The molecule has 2 heterocycles. The summed E-state index contributed by atoms with van der Waals surface area (Å²) in [5.74, 6) is -0.737. The Morgan fingerprint density at radius 2 is 1.80 bits per heavy atom. The van der Waals surface area contributed by atoms with Crippen molar-refractivity contribution in [3.8, 4) is 11.3 Å². The van der Waals surface area contributed by atoms with Gasteiger partial charge in [-0.15, -0.1) is 0 Å². The summed E-state index contributed by atoms with van der Waals surface area (Å²) in [5, 5.41) is 5.41. The minimum Gasteiger partial charge on any atom is -0.268 e. The molecule has 0 unspecified atom stereocenters. The minimum atomic E-state index is -3.73. The lowest BCUT2D eigenvalue weighted by molar-refractivity contribution is 0.0983. The molecule has 0 fully saturated rings. The number of hydrogen-bond acceptors (Lipinski definition) is 5. The van der Waals surface area contributed by atoms with Crippen LogP contribution in [0.4, 0.5) is 0 Å². The van der Waals surface area contributed by atoms with E-state index in [1.807, 2.05) is 53.3 Å². The second-order valence-electron chi connectivity index (χ2n) is 6.76. The lowest BCUT2D eigenvalue weighted by Crippen LogP contribution is -2.29. The molecule has 2 aromatic heterocycles. The summed E-state index contributed by atoms with van der Waals surface area (Å²) in [7, 11) is -3.73. The van der Waals surface area contributed by atoms with Crippen LogP contribution in [0.2, 0.25) is 5.02 Å². The maximum atomic E-state index is 12.7. The van der Waals surface area contributed by atoms with E-state index in [4.69, 9.17) is 16.6 Å². The Morgan fingerprint density at radius 1 is 1.10 bits per heavy atom. The number of halogens is 1. The highest BCUT2D eigenvalue weighted by molar-refractivity contribution is 7.89. The number of nitrogens with one attached hydrogen (secondary N) is 1. The first-order valence-electron chi connectivity index (χ1n) is 8.99. The summed E-state index contributed by atoms with van der Waals surface area (Å²) in [6.07, 6.45) is 2.44. The van der Waals surface area contributed by atoms with Crippen molar-refractivity contribution in [2.75, 3.05) is 6.26 Å². The summed E-state index contributed by atoms with van der Waals surface area (Å²) >= 11 is 6.28. The van der Waals surface area contributed by atoms with Crippen LogP contribution < -0.4 is 4.72 Å². The van der Waals surface area contributed by atoms with E-state index in [9.17, 15) is 13.2 Å². The summed E-state index contributed by atoms with van der Waals surface area (Å²) in [4.78, 5) is 17.4. The fraction of sp³-hybridized carbons (Fsp3) is 0.0952. The van der Waals surface area contributed by atoms with Gasteiger partial charge in [0.05, 0.1) is 35.6 Å². The van der Waals surface area contributed by atoms with Gasteiger partial charge in [-0.25, -0.2) is 22.8 Å². The van der Waals surface area contributed by atoms with Crippen molar-refractivity contribution in [3.05, 3.63) is 83.0 Å². The minimum absolute atomic E-state index is 0.176. The van der Waals surface area contributed by atoms with E-state index < -0.39 is 15.9 Å². The van der Waals surface area contributed by atoms with Gasteiger partial charge in [-0.05, 0) is 17.7 Å². The first kappa shape index (κ1) is 20.1. The standard InChI is InChI=1S/C21H17ClN4O3S/c1-30(28,29)25-21(27)16-11-19(14-7-3-2-4-8-14)24-20-17(16)12-23-26(20)13-15-9-5-6-10-18(15)22/h2-12H,13H2,1H3,(H,25,27). The molecule has 9 heteroatoms. The SMILES string of the molecule is CS(=O)(=O)NC(=O)c1cc(-c2ccccc2)nc2c1cnn2Cc1ccccc1Cl. The molecular formula is C21H17ClN4O3S. The van der Waals surface area contributed by atoms with Crippen LogP contribution in [0.1, 0.15) is 15.9 Å². The molecule has 0 bridgehead atoms. The van der Waals surface area contributed by atoms with Crippen molar-refractivity contribution in [3.63, 3.8) is 0 Å². The first-order valence-corrected chi connectivity index (χ1v) is 11.3. The van der Waals surface area contributed by atoms with Gasteiger partial charge >= 0.3 is 0 Å². The van der Waals surface area contributed by atoms with Crippen molar-refractivity contribution in [2.45, 2.75) is 6.54 Å². The molecule has 1 N–H and O–H groups in total. The van der Waals surface area contributed by atoms with Crippen LogP contribution in [-0.4, -0.2) is 35.3 Å². The summed E-state index contributed by atoms with van der Waals surface area (Å²) < 4.78 is 26.9. The van der Waals surface area contributed by atoms with Gasteiger partial charge in [-0.1, -0.05) is 60.1 Å². The highest BCUT2D eigenvalue weighted by Crippen LogP contribution is 2.26. The Labute approximate surface area is 178 Å². The summed E-state index contributed by atoms with van der Waals surface area (Å²) in [6.45, 7) is 0.349. The lowest BCUT2D eigenvalue weighted by Gasteiger charge is -2.10. The number of sulfonamides is 1. The van der Waals surface area contributed by atoms with Gasteiger partial charge in [-0.2, -0.15) is 5.10 Å². The van der Waals surface area contributed by atoms with Crippen LogP contribution in [0.5, 0.6) is 0 Å². The van der Waals surface area contributed by atoms with Gasteiger partial charge in [0.15, 0.2) is 5.65 Å². The first-order chi connectivity index (χ1) is 14.3. The molecule has 0 saturated carbocycles. The zero-order chi connectivity index (χ0) is 21.3. The fourth-order valence-corrected chi connectivity index (χ4v) is 3.76. The zero-order valence-corrected chi connectivity index (χ0v) is 17.5. The normalized spacial score (nSPS) is 11.5. The van der Waals surface area contributed by atoms with Gasteiger partial charge in [0.25, 0.3) is 5.91 Å². The van der Waals surface area contributed by atoms with Crippen molar-refractivity contribution >= 4 is 38.6 Å². The number of nitrogens with zero attached hydrogens (tertiary/aromatic N) is 3. The smallest absolute Gasteiger partial charge is 0.265 e. The van der Waals surface area contributed by atoms with Gasteiger partial charge in [0.1, 0.15) is 0 Å². The molecule has 152 valence electrons. The van der Waals surface area contributed by atoms with E-state index in [1.165, 1.54) is 6.20 Å². The molecule has 0 aliphatic heterocycles. The number of aromatic nitrogens is 3. The topological polar surface area (TPSA) is 93.9 Å². The van der Waals surface area contributed by atoms with Crippen LogP contribution in [0, 0.1) is 0 Å². The van der Waals surface area contributed by atoms with Gasteiger partial charge < -0.3 is 0 Å². The van der Waals surface area contributed by atoms with Crippen LogP contribution in [0.25, 0.3) is 22.3 Å². The Hall–Kier alpha value is -3.23. The molecule has 0 saturated heterocycles. The van der Waals surface area contributed by atoms with Crippen LogP contribution in [0.3, 0.4) is 0 Å². The quantitative estimate of drug-likeness (QED) is 0.512. The number of carbonyl (C=O) groups excluding carboxylic acids is 1. The molecule has 0 aliphatic carbocycles. The fourth-order valence-electron chi connectivity index (χ4n) is 3.12. The largest absolute Gasteiger partial charge is 0.268 e. The van der Waals surface area contributed by atoms with E-state index in [2.05, 4.69) is 5.10 Å². The number of pyridine rings is 1. The number of fused-ring (bicyclic) bond motifs is 1. The predicted octanol–water partition coefficient (Wildman–Crippen LogP) is 3.49. The number of hydrogen-bond donors (Lipinski definition) is 1. The third kappa shape index (κ3) is 4.19. The molecule has 0 atom stereocenters. The van der Waals surface area contributed by atoms with Crippen LogP contribution >= 0.6 is 11.6 Å². The molecule has 7 nitrogen and oxygen atoms in total. The molecule has 0 aliphatic rings. The van der Waals surface area contributed by atoms with E-state index >= 15 is 0 Å². The van der Waals surface area contributed by atoms with E-state index in [-0.39, 0.29) is 5.56 Å². The Kier molecular flexibility index (Phi) is 5.27.